The van der Waals surface area contributed by atoms with Gasteiger partial charge in [0.25, 0.3) is 0 Å². The summed E-state index contributed by atoms with van der Waals surface area (Å²) in [6, 6.07) is 0. The first kappa shape index (κ1) is 25.8. The lowest BCUT2D eigenvalue weighted by Crippen LogP contribution is -2.72. The highest BCUT2D eigenvalue weighted by atomic mass is 19.4. The van der Waals surface area contributed by atoms with Crippen LogP contribution in [0, 0.1) is 0 Å². The van der Waals surface area contributed by atoms with Crippen molar-refractivity contribution in [2.24, 2.45) is 0 Å². The number of rotatable bonds is 0. The van der Waals surface area contributed by atoms with Crippen LogP contribution in [0.2, 0.25) is 0 Å². The predicted molar refractivity (Wildman–Crippen MR) is 49.5 cm³/mol. The van der Waals surface area contributed by atoms with Crippen LogP contribution in [0.4, 0.5) is 74.6 Å². The smallest absolute Gasteiger partial charge is 0.344 e. The van der Waals surface area contributed by atoms with E-state index in [2.05, 4.69) is 0 Å². The topological polar surface area (TPSA) is 35.0 Å². The molecular weight excluding hydrogens is 445 g/mol. The predicted octanol–water partition coefficient (Wildman–Crippen LogP) is 5.58. The van der Waals surface area contributed by atoms with E-state index < -0.39 is 53.6 Å². The average molecular weight is 449 g/mol. The van der Waals surface area contributed by atoms with Crippen molar-refractivity contribution in [1.82, 2.24) is 6.15 Å². The standard InChI is InChI=1S/C9HF17.H3N/c10-1-2(11,12)4(15,16)6(19,20)8(23,24)9(25,26)7(21,22)5(17,18)3(1,13)14;/h1H;1H3. The van der Waals surface area contributed by atoms with Crippen molar-refractivity contribution in [3.63, 3.8) is 0 Å². The molecule has 0 atom stereocenters. The van der Waals surface area contributed by atoms with Crippen molar-refractivity contribution < 1.29 is 74.6 Å². The molecule has 0 aliphatic heterocycles. The highest BCUT2D eigenvalue weighted by molar-refractivity contribution is 5.21. The lowest BCUT2D eigenvalue weighted by atomic mass is 9.91. The Morgan fingerprint density at radius 3 is 0.667 bits per heavy atom. The number of hydrogen-bond acceptors (Lipinski definition) is 1. The van der Waals surface area contributed by atoms with E-state index >= 15 is 0 Å². The summed E-state index contributed by atoms with van der Waals surface area (Å²) in [5.41, 5.74) is 0. The van der Waals surface area contributed by atoms with E-state index in [1.807, 2.05) is 0 Å². The lowest BCUT2D eigenvalue weighted by molar-refractivity contribution is -0.439. The molecule has 0 saturated heterocycles. The molecule has 0 radical (unpaired) electrons. The molecule has 0 aromatic heterocycles. The van der Waals surface area contributed by atoms with Gasteiger partial charge in [0.1, 0.15) is 0 Å². The molecule has 1 rings (SSSR count). The molecular formula is C9H4F17N. The van der Waals surface area contributed by atoms with E-state index in [9.17, 15) is 74.6 Å². The maximum Gasteiger partial charge on any atom is 0.385 e. The van der Waals surface area contributed by atoms with Gasteiger partial charge in [-0.3, -0.25) is 0 Å². The first-order valence-electron chi connectivity index (χ1n) is 5.57. The van der Waals surface area contributed by atoms with Crippen LogP contribution in [0.15, 0.2) is 0 Å². The van der Waals surface area contributed by atoms with Gasteiger partial charge in [-0.15, -0.1) is 0 Å². The summed E-state index contributed by atoms with van der Waals surface area (Å²) in [7, 11) is 0. The normalized spacial score (nSPS) is 32.3. The molecule has 1 aliphatic rings. The van der Waals surface area contributed by atoms with Crippen molar-refractivity contribution in [3.05, 3.63) is 0 Å². The quantitative estimate of drug-likeness (QED) is 0.482. The number of hydrogen-bond donors (Lipinski definition) is 1. The monoisotopic (exact) mass is 449 g/mol. The molecule has 1 saturated carbocycles. The van der Waals surface area contributed by atoms with E-state index in [0.717, 1.165) is 0 Å². The van der Waals surface area contributed by atoms with Gasteiger partial charge in [0, 0.05) is 0 Å². The molecule has 164 valence electrons. The maximum absolute atomic E-state index is 12.9. The van der Waals surface area contributed by atoms with Crippen LogP contribution in [-0.4, -0.2) is 53.6 Å². The zero-order valence-corrected chi connectivity index (χ0v) is 11.7. The Morgan fingerprint density at radius 1 is 0.333 bits per heavy atom. The SMILES string of the molecule is FC1C(F)(F)C(F)(F)C(F)(F)C(F)(F)C(F)(F)C(F)(F)C(F)(F)C1(F)F.N. The minimum Gasteiger partial charge on any atom is -0.344 e. The highest BCUT2D eigenvalue weighted by Crippen LogP contribution is 2.67. The van der Waals surface area contributed by atoms with Gasteiger partial charge in [-0.05, 0) is 0 Å². The number of halogens is 17. The van der Waals surface area contributed by atoms with Gasteiger partial charge in [0.05, 0.1) is 0 Å². The third kappa shape index (κ3) is 2.36. The minimum absolute atomic E-state index is 0. The summed E-state index contributed by atoms with van der Waals surface area (Å²) >= 11 is 0. The third-order valence-corrected chi connectivity index (χ3v) is 3.45. The molecule has 0 aromatic carbocycles. The Morgan fingerprint density at radius 2 is 0.481 bits per heavy atom. The molecule has 18 heteroatoms. The van der Waals surface area contributed by atoms with Crippen LogP contribution >= 0.6 is 0 Å². The lowest BCUT2D eigenvalue weighted by Gasteiger charge is -2.40. The zero-order valence-electron chi connectivity index (χ0n) is 11.7. The molecule has 1 aliphatic carbocycles. The maximum atomic E-state index is 12.9. The molecule has 0 bridgehead atoms. The average Bonchev–Trinajstić information content (AvgIpc) is 2.43. The van der Waals surface area contributed by atoms with Crippen LogP contribution in [0.1, 0.15) is 0 Å². The van der Waals surface area contributed by atoms with Gasteiger partial charge < -0.3 is 6.15 Å². The van der Waals surface area contributed by atoms with Gasteiger partial charge in [0.15, 0.2) is 0 Å². The Hall–Kier alpha value is -1.23. The van der Waals surface area contributed by atoms with Gasteiger partial charge in [0.2, 0.25) is 6.17 Å². The Bertz CT molecular complexity index is 527. The molecule has 0 amide bonds. The molecule has 1 fully saturated rings. The van der Waals surface area contributed by atoms with Crippen LogP contribution in [-0.2, 0) is 0 Å². The van der Waals surface area contributed by atoms with Gasteiger partial charge in [-0.25, -0.2) is 4.39 Å². The summed E-state index contributed by atoms with van der Waals surface area (Å²) in [5, 5.41) is 0. The third-order valence-electron chi connectivity index (χ3n) is 3.45. The van der Waals surface area contributed by atoms with E-state index in [1.165, 1.54) is 0 Å². The molecule has 0 heterocycles. The first-order valence-corrected chi connectivity index (χ1v) is 5.57. The van der Waals surface area contributed by atoms with Crippen LogP contribution < -0.4 is 6.15 Å². The fourth-order valence-electron chi connectivity index (χ4n) is 1.75. The Balaban J connectivity index is 0.00000676. The largest absolute Gasteiger partial charge is 0.385 e. The Labute approximate surface area is 136 Å². The van der Waals surface area contributed by atoms with Crippen molar-refractivity contribution in [3.8, 4) is 0 Å². The van der Waals surface area contributed by atoms with E-state index in [1.54, 1.807) is 0 Å². The minimum atomic E-state index is -8.46. The van der Waals surface area contributed by atoms with Crippen molar-refractivity contribution in [2.75, 3.05) is 0 Å². The van der Waals surface area contributed by atoms with Gasteiger partial charge in [-0.1, -0.05) is 0 Å². The van der Waals surface area contributed by atoms with E-state index in [-0.39, 0.29) is 6.15 Å². The van der Waals surface area contributed by atoms with Crippen LogP contribution in [0.3, 0.4) is 0 Å². The second kappa shape index (κ2) is 5.65. The van der Waals surface area contributed by atoms with Crippen molar-refractivity contribution in [2.45, 2.75) is 53.6 Å². The summed E-state index contributed by atoms with van der Waals surface area (Å²) < 4.78 is 220. The van der Waals surface area contributed by atoms with Crippen LogP contribution in [0.5, 0.6) is 0 Å². The summed E-state index contributed by atoms with van der Waals surface area (Å²) in [4.78, 5) is 0. The second-order valence-corrected chi connectivity index (χ2v) is 5.05. The molecule has 0 unspecified atom stereocenters. The molecule has 0 spiro atoms. The molecule has 0 aromatic rings. The van der Waals surface area contributed by atoms with E-state index in [0.29, 0.717) is 0 Å². The summed E-state index contributed by atoms with van der Waals surface area (Å²) in [6.45, 7) is 0. The first-order chi connectivity index (χ1) is 10.9. The molecule has 1 nitrogen and oxygen atoms in total. The Kier molecular flexibility index (Phi) is 5.39. The second-order valence-electron chi connectivity index (χ2n) is 5.05. The molecule has 3 N–H and O–H groups in total. The summed E-state index contributed by atoms with van der Waals surface area (Å²) in [6.07, 6.45) is -6.69. The number of alkyl halides is 17. The van der Waals surface area contributed by atoms with Gasteiger partial charge >= 0.3 is 47.4 Å². The van der Waals surface area contributed by atoms with Crippen molar-refractivity contribution >= 4 is 0 Å². The van der Waals surface area contributed by atoms with Crippen molar-refractivity contribution in [1.29, 1.82) is 0 Å². The fraction of sp³-hybridized carbons (Fsp3) is 1.00. The molecule has 27 heavy (non-hydrogen) atoms. The highest BCUT2D eigenvalue weighted by Gasteiger charge is 2.99. The summed E-state index contributed by atoms with van der Waals surface area (Å²) in [5.74, 6) is -66.0. The van der Waals surface area contributed by atoms with Crippen LogP contribution in [0.25, 0.3) is 0 Å². The van der Waals surface area contributed by atoms with Gasteiger partial charge in [-0.2, -0.15) is 70.2 Å². The zero-order chi connectivity index (χ0) is 21.6. The fourth-order valence-corrected chi connectivity index (χ4v) is 1.75. The van der Waals surface area contributed by atoms with E-state index in [4.69, 9.17) is 0 Å².